The van der Waals surface area contributed by atoms with Crippen molar-refractivity contribution in [2.45, 2.75) is 58.2 Å². The van der Waals surface area contributed by atoms with Crippen molar-refractivity contribution in [2.24, 2.45) is 5.92 Å². The molecule has 1 fully saturated rings. The Kier molecular flexibility index (Phi) is 5.75. The Labute approximate surface area is 145 Å². The minimum Gasteiger partial charge on any atom is -0.347 e. The highest BCUT2D eigenvalue weighted by Crippen LogP contribution is 2.28. The summed E-state index contributed by atoms with van der Waals surface area (Å²) in [6.07, 6.45) is -3.36. The lowest BCUT2D eigenvalue weighted by Crippen LogP contribution is -2.43. The summed E-state index contributed by atoms with van der Waals surface area (Å²) in [5.74, 6) is 0.233. The summed E-state index contributed by atoms with van der Waals surface area (Å²) in [7, 11) is 0. The van der Waals surface area contributed by atoms with E-state index in [-0.39, 0.29) is 11.5 Å². The number of nitrogens with one attached hydrogen (secondary N) is 1. The number of amides is 1. The molecule has 0 aromatic carbocycles. The van der Waals surface area contributed by atoms with Crippen LogP contribution in [0, 0.1) is 5.92 Å². The van der Waals surface area contributed by atoms with Crippen LogP contribution < -0.4 is 5.32 Å². The molecular weight excluding hydrogens is 337 g/mol. The predicted molar refractivity (Wildman–Crippen MR) is 84.8 cm³/mol. The molecule has 2 rings (SSSR count). The summed E-state index contributed by atoms with van der Waals surface area (Å²) >= 11 is 0. The van der Waals surface area contributed by atoms with Crippen LogP contribution in [0.2, 0.25) is 0 Å². The van der Waals surface area contributed by atoms with Gasteiger partial charge in [-0.3, -0.25) is 9.69 Å². The Balaban J connectivity index is 1.87. The number of piperidine rings is 1. The lowest BCUT2D eigenvalue weighted by Gasteiger charge is -2.33. The van der Waals surface area contributed by atoms with Crippen LogP contribution in [0.3, 0.4) is 0 Å². The monoisotopic (exact) mass is 362 g/mol. The summed E-state index contributed by atoms with van der Waals surface area (Å²) in [5.41, 5.74) is -0.203. The van der Waals surface area contributed by atoms with E-state index < -0.39 is 24.5 Å². The van der Waals surface area contributed by atoms with Crippen LogP contribution in [0.1, 0.15) is 58.3 Å². The van der Waals surface area contributed by atoms with Gasteiger partial charge in [0.1, 0.15) is 6.54 Å². The molecule has 1 N–H and O–H groups in total. The van der Waals surface area contributed by atoms with E-state index in [4.69, 9.17) is 4.52 Å². The van der Waals surface area contributed by atoms with Gasteiger partial charge in [-0.25, -0.2) is 0 Å². The Morgan fingerprint density at radius 3 is 2.40 bits per heavy atom. The van der Waals surface area contributed by atoms with Gasteiger partial charge < -0.3 is 9.84 Å². The molecule has 0 unspecified atom stereocenters. The fraction of sp³-hybridized carbons (Fsp3) is 0.812. The number of carbonyl (C=O) groups is 1. The molecule has 0 aliphatic carbocycles. The van der Waals surface area contributed by atoms with Crippen molar-refractivity contribution >= 4 is 5.91 Å². The minimum atomic E-state index is -4.38. The topological polar surface area (TPSA) is 71.3 Å². The molecule has 0 spiro atoms. The molecule has 9 heteroatoms. The summed E-state index contributed by atoms with van der Waals surface area (Å²) in [4.78, 5) is 18.4. The largest absolute Gasteiger partial charge is 0.405 e. The fourth-order valence-corrected chi connectivity index (χ4v) is 2.75. The van der Waals surface area contributed by atoms with Crippen molar-refractivity contribution in [3.05, 3.63) is 11.7 Å². The zero-order chi connectivity index (χ0) is 18.8. The summed E-state index contributed by atoms with van der Waals surface area (Å²) in [5, 5.41) is 5.98. The number of hydrogen-bond acceptors (Lipinski definition) is 5. The van der Waals surface area contributed by atoms with Crippen molar-refractivity contribution < 1.29 is 22.5 Å². The molecule has 1 aromatic heterocycles. The molecular formula is C16H25F3N4O2. The second-order valence-electron chi connectivity index (χ2n) is 7.53. The maximum Gasteiger partial charge on any atom is 0.405 e. The molecule has 25 heavy (non-hydrogen) atoms. The van der Waals surface area contributed by atoms with Gasteiger partial charge in [-0.1, -0.05) is 25.9 Å². The SMILES string of the molecule is C[C@@H](c1nc(C(C)(C)C)no1)N1CCC(C(=O)NCC(F)(F)F)CC1. The normalized spacial score (nSPS) is 19.0. The highest BCUT2D eigenvalue weighted by molar-refractivity contribution is 5.78. The molecule has 1 aliphatic heterocycles. The van der Waals surface area contributed by atoms with E-state index in [0.29, 0.717) is 37.6 Å². The Morgan fingerprint density at radius 2 is 1.92 bits per heavy atom. The third-order valence-electron chi connectivity index (χ3n) is 4.38. The van der Waals surface area contributed by atoms with Gasteiger partial charge in [-0.15, -0.1) is 0 Å². The van der Waals surface area contributed by atoms with Gasteiger partial charge in [0.05, 0.1) is 6.04 Å². The van der Waals surface area contributed by atoms with Crippen LogP contribution in [0.25, 0.3) is 0 Å². The Morgan fingerprint density at radius 1 is 1.32 bits per heavy atom. The number of halogens is 3. The molecule has 2 heterocycles. The number of rotatable bonds is 4. The van der Waals surface area contributed by atoms with Gasteiger partial charge in [0, 0.05) is 11.3 Å². The van der Waals surface area contributed by atoms with E-state index >= 15 is 0 Å². The van der Waals surface area contributed by atoms with Gasteiger partial charge in [0.2, 0.25) is 11.8 Å². The minimum absolute atomic E-state index is 0.0946. The smallest absolute Gasteiger partial charge is 0.347 e. The third-order valence-corrected chi connectivity index (χ3v) is 4.38. The average molecular weight is 362 g/mol. The molecule has 1 atom stereocenters. The van der Waals surface area contributed by atoms with Crippen molar-refractivity contribution in [2.75, 3.05) is 19.6 Å². The molecule has 0 saturated carbocycles. The van der Waals surface area contributed by atoms with E-state index in [1.807, 2.05) is 33.0 Å². The quantitative estimate of drug-likeness (QED) is 0.892. The number of nitrogens with zero attached hydrogens (tertiary/aromatic N) is 3. The van der Waals surface area contributed by atoms with Crippen LogP contribution in [-0.2, 0) is 10.2 Å². The van der Waals surface area contributed by atoms with Gasteiger partial charge in [0.25, 0.3) is 0 Å². The van der Waals surface area contributed by atoms with Crippen LogP contribution in [0.5, 0.6) is 0 Å². The fourth-order valence-electron chi connectivity index (χ4n) is 2.75. The molecule has 0 bridgehead atoms. The first-order valence-electron chi connectivity index (χ1n) is 8.40. The van der Waals surface area contributed by atoms with Gasteiger partial charge in [-0.2, -0.15) is 18.2 Å². The lowest BCUT2D eigenvalue weighted by molar-refractivity contribution is -0.141. The number of likely N-dealkylation sites (tertiary alicyclic amines) is 1. The first-order chi connectivity index (χ1) is 11.5. The number of alkyl halides is 3. The average Bonchev–Trinajstić information content (AvgIpc) is 3.01. The van der Waals surface area contributed by atoms with Crippen molar-refractivity contribution in [3.8, 4) is 0 Å². The lowest BCUT2D eigenvalue weighted by atomic mass is 9.95. The standard InChI is InChI=1S/C16H25F3N4O2/c1-10(13-21-14(22-25-13)15(2,3)4)23-7-5-11(6-8-23)12(24)20-9-16(17,18)19/h10-11H,5-9H2,1-4H3,(H,20,24)/t10-/m0/s1. The van der Waals surface area contributed by atoms with Gasteiger partial charge >= 0.3 is 6.18 Å². The molecule has 0 radical (unpaired) electrons. The summed E-state index contributed by atoms with van der Waals surface area (Å²) in [6, 6.07) is -0.0946. The van der Waals surface area contributed by atoms with Crippen molar-refractivity contribution in [1.82, 2.24) is 20.4 Å². The highest BCUT2D eigenvalue weighted by atomic mass is 19.4. The van der Waals surface area contributed by atoms with Crippen LogP contribution in [0.15, 0.2) is 4.52 Å². The van der Waals surface area contributed by atoms with Crippen LogP contribution >= 0.6 is 0 Å². The molecule has 1 saturated heterocycles. The van der Waals surface area contributed by atoms with Crippen molar-refractivity contribution in [3.63, 3.8) is 0 Å². The highest BCUT2D eigenvalue weighted by Gasteiger charge is 2.33. The van der Waals surface area contributed by atoms with Crippen LogP contribution in [0.4, 0.5) is 13.2 Å². The first-order valence-corrected chi connectivity index (χ1v) is 8.40. The summed E-state index contributed by atoms with van der Waals surface area (Å²) in [6.45, 7) is 7.85. The number of hydrogen-bond donors (Lipinski definition) is 1. The maximum absolute atomic E-state index is 12.2. The van der Waals surface area contributed by atoms with Gasteiger partial charge in [-0.05, 0) is 32.9 Å². The number of aromatic nitrogens is 2. The van der Waals surface area contributed by atoms with E-state index in [0.717, 1.165) is 0 Å². The number of carbonyl (C=O) groups excluding carboxylic acids is 1. The van der Waals surface area contributed by atoms with Gasteiger partial charge in [0.15, 0.2) is 5.82 Å². The predicted octanol–water partition coefficient (Wildman–Crippen LogP) is 2.82. The zero-order valence-electron chi connectivity index (χ0n) is 15.0. The Bertz CT molecular complexity index is 587. The van der Waals surface area contributed by atoms with E-state index in [1.54, 1.807) is 0 Å². The molecule has 142 valence electrons. The molecule has 1 aliphatic rings. The van der Waals surface area contributed by atoms with Crippen LogP contribution in [-0.4, -0.2) is 46.8 Å². The zero-order valence-corrected chi connectivity index (χ0v) is 15.0. The van der Waals surface area contributed by atoms with E-state index in [1.165, 1.54) is 0 Å². The molecule has 6 nitrogen and oxygen atoms in total. The maximum atomic E-state index is 12.2. The van der Waals surface area contributed by atoms with Crippen molar-refractivity contribution in [1.29, 1.82) is 0 Å². The second kappa shape index (κ2) is 7.31. The van der Waals surface area contributed by atoms with E-state index in [9.17, 15) is 18.0 Å². The summed E-state index contributed by atoms with van der Waals surface area (Å²) < 4.78 is 41.9. The molecule has 1 aromatic rings. The van der Waals surface area contributed by atoms with E-state index in [2.05, 4.69) is 15.0 Å². The molecule has 1 amide bonds. The Hall–Kier alpha value is -1.64. The first kappa shape index (κ1) is 19.7. The second-order valence-corrected chi connectivity index (χ2v) is 7.53. The third kappa shape index (κ3) is 5.42.